The maximum Gasteiger partial charge on any atom is 0.220 e. The van der Waals surface area contributed by atoms with E-state index in [1.165, 1.54) is 4.88 Å². The number of hydrogen-bond donors (Lipinski definition) is 2. The molecule has 102 valence electrons. The fourth-order valence-corrected chi connectivity index (χ4v) is 2.75. The zero-order chi connectivity index (χ0) is 13.2. The second kappa shape index (κ2) is 9.11. The maximum atomic E-state index is 11.7. The predicted molar refractivity (Wildman–Crippen MR) is 77.8 cm³/mol. The van der Waals surface area contributed by atoms with Crippen LogP contribution in [-0.2, 0) is 11.2 Å². The average molecular weight is 268 g/mol. The van der Waals surface area contributed by atoms with Crippen molar-refractivity contribution in [1.82, 2.24) is 5.32 Å². The van der Waals surface area contributed by atoms with Gasteiger partial charge in [-0.3, -0.25) is 4.79 Å². The van der Waals surface area contributed by atoms with Crippen molar-refractivity contribution in [2.24, 2.45) is 5.73 Å². The molecule has 1 unspecified atom stereocenters. The maximum absolute atomic E-state index is 11.7. The Morgan fingerprint density at radius 2 is 2.17 bits per heavy atom. The van der Waals surface area contributed by atoms with Crippen molar-refractivity contribution < 1.29 is 4.79 Å². The van der Waals surface area contributed by atoms with Gasteiger partial charge in [0.2, 0.25) is 5.91 Å². The molecule has 0 saturated carbocycles. The van der Waals surface area contributed by atoms with E-state index in [0.29, 0.717) is 6.42 Å². The van der Waals surface area contributed by atoms with Crippen molar-refractivity contribution in [2.75, 3.05) is 6.54 Å². The van der Waals surface area contributed by atoms with E-state index < -0.39 is 0 Å². The third-order valence-electron chi connectivity index (χ3n) is 2.85. The summed E-state index contributed by atoms with van der Waals surface area (Å²) in [6.07, 6.45) is 5.84. The first-order valence-corrected chi connectivity index (χ1v) is 7.62. The van der Waals surface area contributed by atoms with Crippen LogP contribution in [-0.4, -0.2) is 18.5 Å². The van der Waals surface area contributed by atoms with Crippen LogP contribution < -0.4 is 11.1 Å². The number of unbranched alkanes of at least 4 members (excludes halogenated alkanes) is 3. The highest BCUT2D eigenvalue weighted by Gasteiger charge is 2.08. The number of nitrogens with two attached hydrogens (primary N) is 1. The molecule has 4 heteroatoms. The first-order chi connectivity index (χ1) is 8.72. The molecule has 1 amide bonds. The lowest BCUT2D eigenvalue weighted by molar-refractivity contribution is -0.121. The molecule has 1 aromatic heterocycles. The summed E-state index contributed by atoms with van der Waals surface area (Å²) in [6, 6.07) is 4.38. The fourth-order valence-electron chi connectivity index (χ4n) is 1.91. The van der Waals surface area contributed by atoms with Gasteiger partial charge in [0.1, 0.15) is 0 Å². The molecule has 0 aliphatic rings. The Bertz CT molecular complexity index is 325. The van der Waals surface area contributed by atoms with Gasteiger partial charge in [-0.05, 0) is 37.8 Å². The number of carbonyl (C=O) groups is 1. The average Bonchev–Trinajstić information content (AvgIpc) is 2.81. The molecule has 0 bridgehead atoms. The normalized spacial score (nSPS) is 12.3. The van der Waals surface area contributed by atoms with Crippen molar-refractivity contribution in [2.45, 2.75) is 51.5 Å². The van der Waals surface area contributed by atoms with Crippen molar-refractivity contribution in [3.05, 3.63) is 22.4 Å². The van der Waals surface area contributed by atoms with E-state index in [1.54, 1.807) is 11.3 Å². The summed E-state index contributed by atoms with van der Waals surface area (Å²) >= 11 is 1.74. The number of thiophene rings is 1. The minimum atomic E-state index is 0.173. The molecule has 1 heterocycles. The van der Waals surface area contributed by atoms with Crippen molar-refractivity contribution in [1.29, 1.82) is 0 Å². The summed E-state index contributed by atoms with van der Waals surface area (Å²) in [6.45, 7) is 2.82. The summed E-state index contributed by atoms with van der Waals surface area (Å²) in [5.74, 6) is 0.173. The van der Waals surface area contributed by atoms with Crippen LogP contribution in [0.15, 0.2) is 17.5 Å². The summed E-state index contributed by atoms with van der Waals surface area (Å²) in [5, 5.41) is 5.12. The predicted octanol–water partition coefficient (Wildman–Crippen LogP) is 2.70. The third kappa shape index (κ3) is 6.77. The van der Waals surface area contributed by atoms with E-state index in [2.05, 4.69) is 23.7 Å². The van der Waals surface area contributed by atoms with E-state index in [4.69, 9.17) is 5.73 Å². The third-order valence-corrected chi connectivity index (χ3v) is 3.75. The zero-order valence-electron chi connectivity index (χ0n) is 11.2. The smallest absolute Gasteiger partial charge is 0.220 e. The Kier molecular flexibility index (Phi) is 7.69. The molecule has 18 heavy (non-hydrogen) atoms. The van der Waals surface area contributed by atoms with Crippen molar-refractivity contribution in [3.63, 3.8) is 0 Å². The van der Waals surface area contributed by atoms with Gasteiger partial charge in [0, 0.05) is 23.8 Å². The molecular formula is C14H24N2OS. The van der Waals surface area contributed by atoms with Crippen molar-refractivity contribution >= 4 is 17.2 Å². The Morgan fingerprint density at radius 3 is 2.83 bits per heavy atom. The molecule has 1 rings (SSSR count). The number of rotatable bonds is 9. The SMILES string of the molecule is CC(Cc1cccs1)NC(=O)CCCCCCN. The summed E-state index contributed by atoms with van der Waals surface area (Å²) < 4.78 is 0. The standard InChI is InChI=1S/C14H24N2OS/c1-12(11-13-7-6-10-18-13)16-14(17)8-4-2-3-5-9-15/h6-7,10,12H,2-5,8-9,11,15H2,1H3,(H,16,17). The van der Waals surface area contributed by atoms with Crippen LogP contribution in [0.3, 0.4) is 0 Å². The van der Waals surface area contributed by atoms with E-state index in [-0.39, 0.29) is 11.9 Å². The lowest BCUT2D eigenvalue weighted by Crippen LogP contribution is -2.33. The Morgan fingerprint density at radius 1 is 1.39 bits per heavy atom. The topological polar surface area (TPSA) is 55.1 Å². The largest absolute Gasteiger partial charge is 0.353 e. The van der Waals surface area contributed by atoms with Crippen LogP contribution in [0.4, 0.5) is 0 Å². The monoisotopic (exact) mass is 268 g/mol. The molecule has 1 aromatic rings. The lowest BCUT2D eigenvalue weighted by atomic mass is 10.1. The Hall–Kier alpha value is -0.870. The van der Waals surface area contributed by atoms with Gasteiger partial charge in [0.15, 0.2) is 0 Å². The van der Waals surface area contributed by atoms with Crippen molar-refractivity contribution in [3.8, 4) is 0 Å². The number of nitrogens with one attached hydrogen (secondary N) is 1. The van der Waals surface area contributed by atoms with Crippen LogP contribution in [0.1, 0.15) is 43.9 Å². The highest BCUT2D eigenvalue weighted by Crippen LogP contribution is 2.11. The molecule has 3 N–H and O–H groups in total. The second-order valence-electron chi connectivity index (χ2n) is 4.70. The first-order valence-electron chi connectivity index (χ1n) is 6.74. The lowest BCUT2D eigenvalue weighted by Gasteiger charge is -2.12. The number of amides is 1. The molecule has 0 radical (unpaired) electrons. The Labute approximate surface area is 114 Å². The van der Waals surface area contributed by atoms with E-state index in [1.807, 2.05) is 6.07 Å². The van der Waals surface area contributed by atoms with Crippen LogP contribution in [0.5, 0.6) is 0 Å². The van der Waals surface area contributed by atoms with Crippen LogP contribution in [0, 0.1) is 0 Å². The summed E-state index contributed by atoms with van der Waals surface area (Å²) in [7, 11) is 0. The first kappa shape index (κ1) is 15.2. The van der Waals surface area contributed by atoms with Gasteiger partial charge in [0.05, 0.1) is 0 Å². The molecule has 0 fully saturated rings. The second-order valence-corrected chi connectivity index (χ2v) is 5.74. The molecule has 0 aromatic carbocycles. The van der Waals surface area contributed by atoms with E-state index in [9.17, 15) is 4.79 Å². The number of hydrogen-bond acceptors (Lipinski definition) is 3. The highest BCUT2D eigenvalue weighted by molar-refractivity contribution is 7.09. The van der Waals surface area contributed by atoms with Gasteiger partial charge in [0.25, 0.3) is 0 Å². The molecule has 0 aliphatic heterocycles. The van der Waals surface area contributed by atoms with Gasteiger partial charge in [-0.2, -0.15) is 0 Å². The molecule has 0 spiro atoms. The Balaban J connectivity index is 2.08. The summed E-state index contributed by atoms with van der Waals surface area (Å²) in [5.41, 5.74) is 5.42. The number of carbonyl (C=O) groups excluding carboxylic acids is 1. The highest BCUT2D eigenvalue weighted by atomic mass is 32.1. The minimum absolute atomic E-state index is 0.173. The minimum Gasteiger partial charge on any atom is -0.353 e. The fraction of sp³-hybridized carbons (Fsp3) is 0.643. The van der Waals surface area contributed by atoms with Gasteiger partial charge < -0.3 is 11.1 Å². The van der Waals surface area contributed by atoms with Gasteiger partial charge >= 0.3 is 0 Å². The zero-order valence-corrected chi connectivity index (χ0v) is 12.0. The van der Waals surface area contributed by atoms with E-state index >= 15 is 0 Å². The van der Waals surface area contributed by atoms with Crippen LogP contribution in [0.25, 0.3) is 0 Å². The molecule has 1 atom stereocenters. The van der Waals surface area contributed by atoms with Gasteiger partial charge in [-0.25, -0.2) is 0 Å². The summed E-state index contributed by atoms with van der Waals surface area (Å²) in [4.78, 5) is 13.0. The molecule has 0 aliphatic carbocycles. The van der Waals surface area contributed by atoms with Crippen LogP contribution >= 0.6 is 11.3 Å². The van der Waals surface area contributed by atoms with Gasteiger partial charge in [-0.15, -0.1) is 11.3 Å². The molecule has 3 nitrogen and oxygen atoms in total. The van der Waals surface area contributed by atoms with Gasteiger partial charge in [-0.1, -0.05) is 18.9 Å². The van der Waals surface area contributed by atoms with Crippen LogP contribution in [0.2, 0.25) is 0 Å². The molecular weight excluding hydrogens is 244 g/mol. The molecule has 0 saturated heterocycles. The van der Waals surface area contributed by atoms with E-state index in [0.717, 1.165) is 38.6 Å². The quantitative estimate of drug-likeness (QED) is 0.677.